The Labute approximate surface area is 258 Å². The Morgan fingerprint density at radius 1 is 0.791 bits per heavy atom. The molecular formula is C36H42N2O4S. The van der Waals surface area contributed by atoms with Crippen LogP contribution in [0, 0.1) is 17.8 Å². The zero-order valence-electron chi connectivity index (χ0n) is 24.6. The first-order valence-electron chi connectivity index (χ1n) is 15.9. The lowest BCUT2D eigenvalue weighted by atomic mass is 9.53. The third kappa shape index (κ3) is 6.80. The standard InChI is InChI=1S/C36H42N2O4S/c39-22-25-8-10-29(11-9-25)33-17-31(23-43-32-4-2-1-3-5-32)41-34(42-33)30-12-6-24(7-13-30)21-37-35(40)38-36-18-26-14-27(19-36)16-28(15-26)20-36/h1-13,26-28,31,33-34,39H,14-23H2,(H2,37,38,40)/t26?,27?,28?,31-,33+,34+,36?/m1/s1. The number of nitrogens with one attached hydrogen (secondary N) is 2. The molecule has 1 saturated heterocycles. The van der Waals surface area contributed by atoms with E-state index in [1.165, 1.54) is 24.2 Å². The summed E-state index contributed by atoms with van der Waals surface area (Å²) in [5, 5.41) is 16.0. The smallest absolute Gasteiger partial charge is 0.315 e. The predicted molar refractivity (Wildman–Crippen MR) is 168 cm³/mol. The highest BCUT2D eigenvalue weighted by molar-refractivity contribution is 7.99. The van der Waals surface area contributed by atoms with Crippen LogP contribution >= 0.6 is 11.8 Å². The van der Waals surface area contributed by atoms with Crippen LogP contribution in [-0.2, 0) is 22.6 Å². The molecule has 3 aromatic carbocycles. The van der Waals surface area contributed by atoms with Crippen LogP contribution in [0.3, 0.4) is 0 Å². The fraction of sp³-hybridized carbons (Fsp3) is 0.472. The third-order valence-corrected chi connectivity index (χ3v) is 11.1. The van der Waals surface area contributed by atoms with Crippen molar-refractivity contribution < 1.29 is 19.4 Å². The normalized spacial score (nSPS) is 31.1. The number of hydrogen-bond donors (Lipinski definition) is 3. The van der Waals surface area contributed by atoms with Gasteiger partial charge in [0.2, 0.25) is 0 Å². The maximum Gasteiger partial charge on any atom is 0.315 e. The Morgan fingerprint density at radius 2 is 1.42 bits per heavy atom. The summed E-state index contributed by atoms with van der Waals surface area (Å²) in [6.07, 6.45) is 7.74. The van der Waals surface area contributed by atoms with E-state index in [1.54, 1.807) is 11.8 Å². The number of carbonyl (C=O) groups is 1. The van der Waals surface area contributed by atoms with E-state index in [4.69, 9.17) is 9.47 Å². The Kier molecular flexibility index (Phi) is 8.50. The van der Waals surface area contributed by atoms with Gasteiger partial charge in [-0.05, 0) is 85.1 Å². The van der Waals surface area contributed by atoms with Gasteiger partial charge in [-0.15, -0.1) is 11.8 Å². The van der Waals surface area contributed by atoms with Crippen molar-refractivity contribution in [3.05, 3.63) is 101 Å². The number of benzene rings is 3. The average Bonchev–Trinajstić information content (AvgIpc) is 3.02. The highest BCUT2D eigenvalue weighted by atomic mass is 32.2. The van der Waals surface area contributed by atoms with Crippen LogP contribution in [0.25, 0.3) is 0 Å². The molecule has 5 aliphatic rings. The van der Waals surface area contributed by atoms with Crippen molar-refractivity contribution in [1.29, 1.82) is 0 Å². The van der Waals surface area contributed by atoms with Crippen molar-refractivity contribution in [3.8, 4) is 0 Å². The van der Waals surface area contributed by atoms with Gasteiger partial charge in [0.05, 0.1) is 18.8 Å². The van der Waals surface area contributed by atoms with Gasteiger partial charge in [-0.3, -0.25) is 0 Å². The van der Waals surface area contributed by atoms with Gasteiger partial charge < -0.3 is 25.2 Å². The van der Waals surface area contributed by atoms with Crippen LogP contribution in [0.15, 0.2) is 83.8 Å². The van der Waals surface area contributed by atoms with E-state index in [9.17, 15) is 9.90 Å². The van der Waals surface area contributed by atoms with Crippen LogP contribution < -0.4 is 10.6 Å². The molecule has 1 aliphatic heterocycles. The van der Waals surface area contributed by atoms with E-state index in [2.05, 4.69) is 59.2 Å². The van der Waals surface area contributed by atoms with Gasteiger partial charge in [0.15, 0.2) is 6.29 Å². The molecule has 4 bridgehead atoms. The lowest BCUT2D eigenvalue weighted by molar-refractivity contribution is -0.245. The van der Waals surface area contributed by atoms with Crippen LogP contribution in [0.4, 0.5) is 4.79 Å². The monoisotopic (exact) mass is 598 g/mol. The Morgan fingerprint density at radius 3 is 2.07 bits per heavy atom. The van der Waals surface area contributed by atoms with Gasteiger partial charge >= 0.3 is 6.03 Å². The molecule has 43 heavy (non-hydrogen) atoms. The number of carbonyl (C=O) groups excluding carboxylic acids is 1. The van der Waals surface area contributed by atoms with Crippen LogP contribution in [0.5, 0.6) is 0 Å². The van der Waals surface area contributed by atoms with Crippen molar-refractivity contribution in [2.75, 3.05) is 5.75 Å². The molecule has 1 heterocycles. The molecule has 3 aromatic rings. The number of ether oxygens (including phenoxy) is 2. The van der Waals surface area contributed by atoms with Gasteiger partial charge in [-0.2, -0.15) is 0 Å². The zero-order valence-corrected chi connectivity index (χ0v) is 25.4. The quantitative estimate of drug-likeness (QED) is 0.226. The molecule has 3 atom stereocenters. The Bertz CT molecular complexity index is 1350. The summed E-state index contributed by atoms with van der Waals surface area (Å²) in [6, 6.07) is 26.6. The molecule has 4 saturated carbocycles. The molecule has 0 aromatic heterocycles. The summed E-state index contributed by atoms with van der Waals surface area (Å²) in [5.41, 5.74) is 4.01. The largest absolute Gasteiger partial charge is 0.392 e. The summed E-state index contributed by atoms with van der Waals surface area (Å²) in [6.45, 7) is 0.514. The summed E-state index contributed by atoms with van der Waals surface area (Å²) >= 11 is 1.80. The molecule has 0 spiro atoms. The number of hydrogen-bond acceptors (Lipinski definition) is 5. The number of aliphatic hydroxyl groups is 1. The minimum atomic E-state index is -0.487. The van der Waals surface area contributed by atoms with Crippen molar-refractivity contribution in [3.63, 3.8) is 0 Å². The average molecular weight is 599 g/mol. The van der Waals surface area contributed by atoms with E-state index in [-0.39, 0.29) is 30.4 Å². The molecule has 5 fully saturated rings. The van der Waals surface area contributed by atoms with Crippen molar-refractivity contribution in [1.82, 2.24) is 10.6 Å². The second-order valence-corrected chi connectivity index (χ2v) is 14.3. The molecule has 8 rings (SSSR count). The van der Waals surface area contributed by atoms with Gasteiger partial charge in [0.25, 0.3) is 0 Å². The molecular weight excluding hydrogens is 556 g/mol. The summed E-state index contributed by atoms with van der Waals surface area (Å²) in [5.74, 6) is 3.24. The number of thioether (sulfide) groups is 1. The lowest BCUT2D eigenvalue weighted by Crippen LogP contribution is -2.61. The van der Waals surface area contributed by atoms with Crippen LogP contribution in [-0.4, -0.2) is 28.5 Å². The van der Waals surface area contributed by atoms with Gasteiger partial charge in [0.1, 0.15) is 0 Å². The second kappa shape index (κ2) is 12.6. The molecule has 6 nitrogen and oxygen atoms in total. The fourth-order valence-corrected chi connectivity index (χ4v) is 9.19. The van der Waals surface area contributed by atoms with Crippen molar-refractivity contribution >= 4 is 17.8 Å². The second-order valence-electron chi connectivity index (χ2n) is 13.2. The van der Waals surface area contributed by atoms with Gasteiger partial charge in [0, 0.05) is 34.7 Å². The minimum absolute atomic E-state index is 0.0149. The first kappa shape index (κ1) is 28.9. The minimum Gasteiger partial charge on any atom is -0.392 e. The Hall–Kier alpha value is -2.84. The van der Waals surface area contributed by atoms with E-state index in [1.807, 2.05) is 30.3 Å². The van der Waals surface area contributed by atoms with Crippen LogP contribution in [0.1, 0.15) is 79.6 Å². The first-order valence-corrected chi connectivity index (χ1v) is 16.8. The van der Waals surface area contributed by atoms with E-state index >= 15 is 0 Å². The SMILES string of the molecule is O=C(NCc1ccc([C@H]2O[C@@H](CSc3ccccc3)C[C@@H](c3ccc(CO)cc3)O2)cc1)NC12CC3CC(CC(C3)C1)C2. The predicted octanol–water partition coefficient (Wildman–Crippen LogP) is 7.28. The van der Waals surface area contributed by atoms with Crippen LogP contribution in [0.2, 0.25) is 0 Å². The van der Waals surface area contributed by atoms with Crippen molar-refractivity contribution in [2.45, 2.75) is 87.0 Å². The number of rotatable bonds is 9. The van der Waals surface area contributed by atoms with E-state index in [0.717, 1.165) is 71.4 Å². The maximum atomic E-state index is 12.9. The van der Waals surface area contributed by atoms with Crippen molar-refractivity contribution in [2.24, 2.45) is 17.8 Å². The third-order valence-electron chi connectivity index (χ3n) is 9.92. The summed E-state index contributed by atoms with van der Waals surface area (Å²) in [7, 11) is 0. The molecule has 4 aliphatic carbocycles. The fourth-order valence-electron chi connectivity index (χ4n) is 8.25. The molecule has 3 N–H and O–H groups in total. The van der Waals surface area contributed by atoms with Gasteiger partial charge in [-0.1, -0.05) is 66.7 Å². The lowest BCUT2D eigenvalue weighted by Gasteiger charge is -2.56. The molecule has 7 heteroatoms. The Balaban J connectivity index is 0.982. The highest BCUT2D eigenvalue weighted by Gasteiger charge is 2.51. The summed E-state index contributed by atoms with van der Waals surface area (Å²) < 4.78 is 13.0. The highest BCUT2D eigenvalue weighted by Crippen LogP contribution is 2.55. The maximum absolute atomic E-state index is 12.9. The first-order chi connectivity index (χ1) is 21.0. The molecule has 0 radical (unpaired) electrons. The number of urea groups is 1. The van der Waals surface area contributed by atoms with E-state index < -0.39 is 6.29 Å². The molecule has 226 valence electrons. The van der Waals surface area contributed by atoms with Gasteiger partial charge in [-0.25, -0.2) is 4.79 Å². The zero-order chi connectivity index (χ0) is 29.2. The molecule has 2 amide bonds. The van der Waals surface area contributed by atoms with E-state index in [0.29, 0.717) is 6.54 Å². The summed E-state index contributed by atoms with van der Waals surface area (Å²) in [4.78, 5) is 14.2. The molecule has 0 unspecified atom stereocenters. The topological polar surface area (TPSA) is 79.8 Å². The number of aliphatic hydroxyl groups excluding tert-OH is 1. The number of amides is 2.